The molecular weight excluding hydrogens is 396 g/mol. The van der Waals surface area contributed by atoms with Crippen molar-refractivity contribution in [2.45, 2.75) is 55.3 Å². The van der Waals surface area contributed by atoms with Gasteiger partial charge in [-0.2, -0.15) is 25.3 Å². The summed E-state index contributed by atoms with van der Waals surface area (Å²) >= 11 is 0. The summed E-state index contributed by atoms with van der Waals surface area (Å²) in [6, 6.07) is 0. The summed E-state index contributed by atoms with van der Waals surface area (Å²) in [5.41, 5.74) is -3.66. The minimum Gasteiger partial charge on any atom is -0.263 e. The standard InChI is InChI=1S/C13H22O9S3/c1-23(14,15)20-11-4-10-5-12(7-11,21-24(2,16)17)9-13(6-10,8-11)22-25(3,18)19/h10H,4-9H2,1-3H3. The van der Waals surface area contributed by atoms with E-state index in [2.05, 4.69) is 0 Å². The van der Waals surface area contributed by atoms with Gasteiger partial charge in [-0.3, -0.25) is 12.5 Å². The monoisotopic (exact) mass is 418 g/mol. The molecule has 0 aromatic rings. The van der Waals surface area contributed by atoms with E-state index in [4.69, 9.17) is 12.5 Å². The van der Waals surface area contributed by atoms with Gasteiger partial charge in [0.1, 0.15) is 0 Å². The summed E-state index contributed by atoms with van der Waals surface area (Å²) in [6.07, 6.45) is 4.11. The lowest BCUT2D eigenvalue weighted by atomic mass is 9.50. The van der Waals surface area contributed by atoms with Crippen LogP contribution in [0, 0.1) is 5.92 Å². The molecule has 0 atom stereocenters. The Kier molecular flexibility index (Phi) is 4.20. The van der Waals surface area contributed by atoms with Crippen molar-refractivity contribution >= 4 is 30.4 Å². The van der Waals surface area contributed by atoms with Crippen LogP contribution in [0.4, 0.5) is 0 Å². The summed E-state index contributed by atoms with van der Waals surface area (Å²) in [5, 5.41) is 0. The Hall–Kier alpha value is -0.270. The zero-order valence-corrected chi connectivity index (χ0v) is 16.7. The van der Waals surface area contributed by atoms with E-state index in [9.17, 15) is 25.3 Å². The summed E-state index contributed by atoms with van der Waals surface area (Å²) < 4.78 is 86.5. The molecule has 0 heterocycles. The number of hydrogen-bond donors (Lipinski definition) is 0. The molecule has 0 saturated heterocycles. The third-order valence-electron chi connectivity index (χ3n) is 4.90. The molecule has 0 aliphatic heterocycles. The SMILES string of the molecule is CS(=O)(=O)OC12CC3CC(OS(C)(=O)=O)(C1)CC(OS(C)(=O)=O)(C3)C2. The Balaban J connectivity index is 2.07. The number of rotatable bonds is 6. The van der Waals surface area contributed by atoms with Crippen molar-refractivity contribution < 1.29 is 37.8 Å². The normalized spacial score (nSPS) is 41.2. The van der Waals surface area contributed by atoms with E-state index in [1.807, 2.05) is 0 Å². The average molecular weight is 419 g/mol. The second-order valence-corrected chi connectivity index (χ2v) is 12.6. The van der Waals surface area contributed by atoms with Crippen LogP contribution in [0.25, 0.3) is 0 Å². The maximum atomic E-state index is 11.8. The largest absolute Gasteiger partial charge is 0.264 e. The molecule has 0 amide bonds. The summed E-state index contributed by atoms with van der Waals surface area (Å²) in [4.78, 5) is 0. The van der Waals surface area contributed by atoms with Crippen molar-refractivity contribution in [2.75, 3.05) is 18.8 Å². The van der Waals surface area contributed by atoms with Crippen LogP contribution in [0.3, 0.4) is 0 Å². The maximum Gasteiger partial charge on any atom is 0.264 e. The first-order valence-electron chi connectivity index (χ1n) is 7.74. The molecule has 9 nitrogen and oxygen atoms in total. The molecule has 4 bridgehead atoms. The molecule has 0 N–H and O–H groups in total. The van der Waals surface area contributed by atoms with Crippen LogP contribution in [0.5, 0.6) is 0 Å². The number of hydrogen-bond acceptors (Lipinski definition) is 9. The smallest absolute Gasteiger partial charge is 0.263 e. The van der Waals surface area contributed by atoms with Crippen molar-refractivity contribution in [2.24, 2.45) is 5.92 Å². The lowest BCUT2D eigenvalue weighted by Crippen LogP contribution is -2.68. The van der Waals surface area contributed by atoms with E-state index in [-0.39, 0.29) is 25.2 Å². The molecule has 25 heavy (non-hydrogen) atoms. The van der Waals surface area contributed by atoms with Crippen LogP contribution in [-0.4, -0.2) is 60.8 Å². The quantitative estimate of drug-likeness (QED) is 0.552. The van der Waals surface area contributed by atoms with Crippen LogP contribution < -0.4 is 0 Å². The van der Waals surface area contributed by atoms with Gasteiger partial charge in [-0.1, -0.05) is 0 Å². The molecule has 4 aliphatic carbocycles. The van der Waals surface area contributed by atoms with E-state index in [1.165, 1.54) is 0 Å². The van der Waals surface area contributed by atoms with Gasteiger partial charge in [0.25, 0.3) is 30.4 Å². The van der Waals surface area contributed by atoms with Gasteiger partial charge in [0.2, 0.25) is 0 Å². The van der Waals surface area contributed by atoms with E-state index < -0.39 is 47.2 Å². The highest BCUT2D eigenvalue weighted by molar-refractivity contribution is 7.86. The minimum atomic E-state index is -3.84. The minimum absolute atomic E-state index is 0.0610. The predicted octanol–water partition coefficient (Wildman–Crippen LogP) is 0.129. The molecule has 0 aromatic carbocycles. The van der Waals surface area contributed by atoms with Crippen molar-refractivity contribution in [3.63, 3.8) is 0 Å². The fourth-order valence-electron chi connectivity index (χ4n) is 5.42. The van der Waals surface area contributed by atoms with Crippen LogP contribution >= 0.6 is 0 Å². The first-order valence-corrected chi connectivity index (χ1v) is 13.2. The molecule has 4 fully saturated rings. The van der Waals surface area contributed by atoms with Gasteiger partial charge in [0.15, 0.2) is 0 Å². The Morgan fingerprint density at radius 1 is 0.600 bits per heavy atom. The maximum absolute atomic E-state index is 11.8. The fourth-order valence-corrected chi connectivity index (χ4v) is 7.90. The third kappa shape index (κ3) is 4.35. The first kappa shape index (κ1) is 19.5. The Morgan fingerprint density at radius 3 is 1.04 bits per heavy atom. The fraction of sp³-hybridized carbons (Fsp3) is 1.00. The molecular formula is C13H22O9S3. The molecule has 0 radical (unpaired) electrons. The summed E-state index contributed by atoms with van der Waals surface area (Å²) in [5.74, 6) is -0.151. The van der Waals surface area contributed by atoms with Crippen molar-refractivity contribution in [1.82, 2.24) is 0 Å². The van der Waals surface area contributed by atoms with Gasteiger partial charge in [-0.05, 0) is 25.2 Å². The molecule has 0 unspecified atom stereocenters. The summed E-state index contributed by atoms with van der Waals surface area (Å²) in [6.45, 7) is 0. The van der Waals surface area contributed by atoms with Crippen molar-refractivity contribution in [1.29, 1.82) is 0 Å². The Bertz CT molecular complexity index is 760. The zero-order chi connectivity index (χ0) is 18.9. The molecule has 4 saturated carbocycles. The molecule has 0 spiro atoms. The highest BCUT2D eigenvalue weighted by Crippen LogP contribution is 2.63. The predicted molar refractivity (Wildman–Crippen MR) is 87.2 cm³/mol. The molecule has 4 rings (SSSR count). The Labute approximate surface area is 148 Å². The second-order valence-electron chi connectivity index (χ2n) is 7.92. The Morgan fingerprint density at radius 2 is 0.840 bits per heavy atom. The lowest BCUT2D eigenvalue weighted by molar-refractivity contribution is -0.224. The molecule has 4 aliphatic rings. The van der Waals surface area contributed by atoms with Gasteiger partial charge in [0, 0.05) is 19.3 Å². The second kappa shape index (κ2) is 5.38. The van der Waals surface area contributed by atoms with Gasteiger partial charge >= 0.3 is 0 Å². The summed E-state index contributed by atoms with van der Waals surface area (Å²) in [7, 11) is -11.5. The molecule has 12 heteroatoms. The zero-order valence-electron chi connectivity index (χ0n) is 14.2. The highest BCUT2D eigenvalue weighted by atomic mass is 32.2. The topological polar surface area (TPSA) is 130 Å². The lowest BCUT2D eigenvalue weighted by Gasteiger charge is -2.63. The van der Waals surface area contributed by atoms with Gasteiger partial charge in [0.05, 0.1) is 35.6 Å². The van der Waals surface area contributed by atoms with Gasteiger partial charge in [-0.15, -0.1) is 0 Å². The highest BCUT2D eigenvalue weighted by Gasteiger charge is 2.68. The van der Waals surface area contributed by atoms with E-state index in [0.717, 1.165) is 18.8 Å². The van der Waals surface area contributed by atoms with E-state index in [1.54, 1.807) is 0 Å². The van der Waals surface area contributed by atoms with E-state index >= 15 is 0 Å². The van der Waals surface area contributed by atoms with Crippen molar-refractivity contribution in [3.05, 3.63) is 0 Å². The third-order valence-corrected chi connectivity index (χ3v) is 6.87. The van der Waals surface area contributed by atoms with Crippen LogP contribution in [0.2, 0.25) is 0 Å². The van der Waals surface area contributed by atoms with Crippen LogP contribution in [0.15, 0.2) is 0 Å². The first-order chi connectivity index (χ1) is 11.0. The van der Waals surface area contributed by atoms with E-state index in [0.29, 0.717) is 19.3 Å². The average Bonchev–Trinajstić information content (AvgIpc) is 2.13. The van der Waals surface area contributed by atoms with Crippen LogP contribution in [0.1, 0.15) is 38.5 Å². The van der Waals surface area contributed by atoms with Gasteiger partial charge in [-0.25, -0.2) is 0 Å². The molecule has 0 aromatic heterocycles. The van der Waals surface area contributed by atoms with Crippen LogP contribution in [-0.2, 0) is 42.9 Å². The van der Waals surface area contributed by atoms with Gasteiger partial charge < -0.3 is 0 Å². The van der Waals surface area contributed by atoms with Crippen molar-refractivity contribution in [3.8, 4) is 0 Å². The molecule has 146 valence electrons.